The van der Waals surface area contributed by atoms with E-state index in [4.69, 9.17) is 0 Å². The van der Waals surface area contributed by atoms with E-state index in [0.717, 1.165) is 48.6 Å². The molecule has 4 nitrogen and oxygen atoms in total. The summed E-state index contributed by atoms with van der Waals surface area (Å²) in [5.41, 5.74) is 2.95. The first-order valence-corrected chi connectivity index (χ1v) is 7.87. The Kier molecular flexibility index (Phi) is 3.66. The molecule has 1 aromatic carbocycles. The lowest BCUT2D eigenvalue weighted by Crippen LogP contribution is -2.48. The number of aromatic amines is 1. The molecule has 2 N–H and O–H groups in total. The summed E-state index contributed by atoms with van der Waals surface area (Å²) in [4.78, 5) is 15.9. The molecule has 22 heavy (non-hydrogen) atoms. The van der Waals surface area contributed by atoms with Gasteiger partial charge in [0.05, 0.1) is 6.07 Å². The highest BCUT2D eigenvalue weighted by molar-refractivity contribution is 6.01. The molecule has 114 valence electrons. The van der Waals surface area contributed by atoms with Crippen LogP contribution in [0.3, 0.4) is 0 Å². The highest BCUT2D eigenvalue weighted by atomic mass is 16.2. The van der Waals surface area contributed by atoms with Crippen molar-refractivity contribution in [3.05, 3.63) is 35.0 Å². The number of hydrogen-bond acceptors (Lipinski definition) is 2. The molecule has 0 unspecified atom stereocenters. The molecule has 0 spiro atoms. The Labute approximate surface area is 130 Å². The van der Waals surface area contributed by atoms with Gasteiger partial charge in [0, 0.05) is 10.9 Å². The molecular weight excluding hydrogens is 274 g/mol. The van der Waals surface area contributed by atoms with E-state index < -0.39 is 5.54 Å². The standard InChI is InChI=1S/C18H21N3O/c1-12-6-7-15-14(10-12)13(2)16(20-15)17(22)21-18(11-19)8-4-3-5-9-18/h6-7,10,20H,3-5,8-9H2,1-2H3,(H,21,22). The molecule has 1 aliphatic rings. The van der Waals surface area contributed by atoms with Gasteiger partial charge in [0.2, 0.25) is 0 Å². The minimum atomic E-state index is -0.699. The van der Waals surface area contributed by atoms with Crippen LogP contribution >= 0.6 is 0 Å². The van der Waals surface area contributed by atoms with Gasteiger partial charge in [-0.1, -0.05) is 30.9 Å². The number of hydrogen-bond donors (Lipinski definition) is 2. The number of benzene rings is 1. The van der Waals surface area contributed by atoms with Gasteiger partial charge in [-0.25, -0.2) is 0 Å². The van der Waals surface area contributed by atoms with Gasteiger partial charge in [-0.15, -0.1) is 0 Å². The number of carbonyl (C=O) groups excluding carboxylic acids is 1. The van der Waals surface area contributed by atoms with Gasteiger partial charge >= 0.3 is 0 Å². The van der Waals surface area contributed by atoms with Crippen LogP contribution in [0.25, 0.3) is 10.9 Å². The number of nitrogens with one attached hydrogen (secondary N) is 2. The van der Waals surface area contributed by atoms with Crippen molar-refractivity contribution in [2.24, 2.45) is 0 Å². The number of H-pyrrole nitrogens is 1. The van der Waals surface area contributed by atoms with E-state index in [1.807, 2.05) is 26.0 Å². The van der Waals surface area contributed by atoms with Crippen molar-refractivity contribution < 1.29 is 4.79 Å². The van der Waals surface area contributed by atoms with Crippen molar-refractivity contribution in [1.82, 2.24) is 10.3 Å². The zero-order valence-electron chi connectivity index (χ0n) is 13.1. The van der Waals surface area contributed by atoms with Gasteiger partial charge in [0.1, 0.15) is 11.2 Å². The molecule has 3 rings (SSSR count). The molecular formula is C18H21N3O. The first-order valence-electron chi connectivity index (χ1n) is 7.87. The molecule has 2 aromatic rings. The lowest BCUT2D eigenvalue weighted by molar-refractivity contribution is 0.0898. The quantitative estimate of drug-likeness (QED) is 0.886. The summed E-state index contributed by atoms with van der Waals surface area (Å²) in [6.45, 7) is 3.99. The van der Waals surface area contributed by atoms with Crippen LogP contribution in [0.2, 0.25) is 0 Å². The number of nitriles is 1. The first-order chi connectivity index (χ1) is 10.5. The van der Waals surface area contributed by atoms with Crippen molar-refractivity contribution in [2.45, 2.75) is 51.5 Å². The largest absolute Gasteiger partial charge is 0.350 e. The third-order valence-corrected chi connectivity index (χ3v) is 4.71. The molecule has 4 heteroatoms. The maximum Gasteiger partial charge on any atom is 0.269 e. The first kappa shape index (κ1) is 14.6. The number of carbonyl (C=O) groups is 1. The fourth-order valence-corrected chi connectivity index (χ4v) is 3.37. The zero-order chi connectivity index (χ0) is 15.7. The van der Waals surface area contributed by atoms with Gasteiger partial charge < -0.3 is 10.3 Å². The summed E-state index contributed by atoms with van der Waals surface area (Å²) < 4.78 is 0. The van der Waals surface area contributed by atoms with Crippen LogP contribution in [-0.4, -0.2) is 16.4 Å². The van der Waals surface area contributed by atoms with E-state index in [1.165, 1.54) is 5.56 Å². The Bertz CT molecular complexity index is 760. The fraction of sp³-hybridized carbons (Fsp3) is 0.444. The van der Waals surface area contributed by atoms with Crippen LogP contribution in [-0.2, 0) is 0 Å². The van der Waals surface area contributed by atoms with E-state index in [9.17, 15) is 10.1 Å². The van der Waals surface area contributed by atoms with Crippen LogP contribution in [0.15, 0.2) is 18.2 Å². The molecule has 1 aromatic heterocycles. The van der Waals surface area contributed by atoms with Crippen molar-refractivity contribution in [3.8, 4) is 6.07 Å². The predicted molar refractivity (Wildman–Crippen MR) is 86.7 cm³/mol. The number of rotatable bonds is 2. The third kappa shape index (κ3) is 2.48. The maximum absolute atomic E-state index is 12.7. The number of aromatic nitrogens is 1. The van der Waals surface area contributed by atoms with Gasteiger partial charge in [0.25, 0.3) is 5.91 Å². The van der Waals surface area contributed by atoms with Crippen LogP contribution in [0, 0.1) is 25.2 Å². The summed E-state index contributed by atoms with van der Waals surface area (Å²) in [5, 5.41) is 13.6. The predicted octanol–water partition coefficient (Wildman–Crippen LogP) is 3.74. The van der Waals surface area contributed by atoms with Gasteiger partial charge in [-0.2, -0.15) is 5.26 Å². The number of fused-ring (bicyclic) bond motifs is 1. The van der Waals surface area contributed by atoms with E-state index in [-0.39, 0.29) is 5.91 Å². The Morgan fingerprint density at radius 1 is 1.27 bits per heavy atom. The van der Waals surface area contributed by atoms with Crippen molar-refractivity contribution in [2.75, 3.05) is 0 Å². The fourth-order valence-electron chi connectivity index (χ4n) is 3.37. The minimum absolute atomic E-state index is 0.171. The van der Waals surface area contributed by atoms with Crippen LogP contribution < -0.4 is 5.32 Å². The molecule has 1 fully saturated rings. The number of nitrogens with zero attached hydrogens (tertiary/aromatic N) is 1. The molecule has 0 aliphatic heterocycles. The summed E-state index contributed by atoms with van der Waals surface area (Å²) in [6, 6.07) is 8.44. The number of aryl methyl sites for hydroxylation is 2. The molecule has 0 bridgehead atoms. The van der Waals surface area contributed by atoms with Crippen LogP contribution in [0.5, 0.6) is 0 Å². The Balaban J connectivity index is 1.92. The molecule has 1 saturated carbocycles. The maximum atomic E-state index is 12.7. The van der Waals surface area contributed by atoms with E-state index in [2.05, 4.69) is 22.4 Å². The van der Waals surface area contributed by atoms with Crippen molar-refractivity contribution >= 4 is 16.8 Å². The SMILES string of the molecule is Cc1ccc2[nH]c(C(=O)NC3(C#N)CCCCC3)c(C)c2c1. The summed E-state index contributed by atoms with van der Waals surface area (Å²) in [6.07, 6.45) is 4.63. The second-order valence-electron chi connectivity index (χ2n) is 6.38. The van der Waals surface area contributed by atoms with Crippen LogP contribution in [0.4, 0.5) is 0 Å². The summed E-state index contributed by atoms with van der Waals surface area (Å²) in [7, 11) is 0. The van der Waals surface area contributed by atoms with Crippen molar-refractivity contribution in [1.29, 1.82) is 5.26 Å². The lowest BCUT2D eigenvalue weighted by Gasteiger charge is -2.31. The second-order valence-corrected chi connectivity index (χ2v) is 6.38. The van der Waals surface area contributed by atoms with E-state index in [1.54, 1.807) is 0 Å². The molecule has 0 radical (unpaired) electrons. The van der Waals surface area contributed by atoms with Gasteiger partial charge in [-0.05, 0) is 44.4 Å². The summed E-state index contributed by atoms with van der Waals surface area (Å²) >= 11 is 0. The second kappa shape index (κ2) is 5.49. The Morgan fingerprint density at radius 2 is 2.00 bits per heavy atom. The smallest absolute Gasteiger partial charge is 0.269 e. The number of amides is 1. The van der Waals surface area contributed by atoms with E-state index in [0.29, 0.717) is 5.69 Å². The Hall–Kier alpha value is -2.28. The van der Waals surface area contributed by atoms with Gasteiger partial charge in [0.15, 0.2) is 0 Å². The zero-order valence-corrected chi connectivity index (χ0v) is 13.1. The lowest BCUT2D eigenvalue weighted by atomic mass is 9.82. The average molecular weight is 295 g/mol. The van der Waals surface area contributed by atoms with Gasteiger partial charge in [-0.3, -0.25) is 4.79 Å². The summed E-state index contributed by atoms with van der Waals surface area (Å²) in [5.74, 6) is -0.171. The molecule has 0 saturated heterocycles. The highest BCUT2D eigenvalue weighted by Gasteiger charge is 2.34. The molecule has 1 amide bonds. The topological polar surface area (TPSA) is 68.7 Å². The average Bonchev–Trinajstić information content (AvgIpc) is 2.85. The van der Waals surface area contributed by atoms with Crippen molar-refractivity contribution in [3.63, 3.8) is 0 Å². The van der Waals surface area contributed by atoms with Crippen LogP contribution in [0.1, 0.15) is 53.7 Å². The highest BCUT2D eigenvalue weighted by Crippen LogP contribution is 2.29. The normalized spacial score (nSPS) is 17.1. The molecule has 0 atom stereocenters. The van der Waals surface area contributed by atoms with E-state index >= 15 is 0 Å². The molecule has 1 heterocycles. The monoisotopic (exact) mass is 295 g/mol. The third-order valence-electron chi connectivity index (χ3n) is 4.71. The Morgan fingerprint density at radius 3 is 2.68 bits per heavy atom. The minimum Gasteiger partial charge on any atom is -0.350 e. The molecule has 1 aliphatic carbocycles.